The summed E-state index contributed by atoms with van der Waals surface area (Å²) in [5.74, 6) is 10.9. The Morgan fingerprint density at radius 1 is 0.779 bits per heavy atom. The Labute approximate surface area is 454 Å². The standard InChI is InChI=1S/C67H79NO9/c69-36-64-35-62-27-25-48-47(46(23-24-52(48)62)40-14-2-1-3-15-40)22-11-20-43-33-63-26-9-8-13-38-12-4-7-18-41(38)30-55(68-37-70)50-28-44(57(63)51-32-56(71)77-58(50)51)34-65(63,74)67(76,59(43)64)61(73)54-31-49-42(29-53(60(62)72)66(54,64)75)19-10-21-45(49)39-16-5-6-17-39/h1-4,7,10,12,14-15,18-19,32,36,39,42-50,52-55,57-61,68,70,72-76H,5-6,9,16-17,21-31,33-35,37H2. The molecule has 10 heteroatoms. The lowest BCUT2D eigenvalue weighted by molar-refractivity contribution is -0.391. The molecule has 13 aliphatic rings. The van der Waals surface area contributed by atoms with Crippen molar-refractivity contribution in [1.82, 2.24) is 5.32 Å². The Hall–Kier alpha value is -4.10. The van der Waals surface area contributed by atoms with E-state index in [1.807, 2.05) is 18.2 Å². The van der Waals surface area contributed by atoms with Crippen molar-refractivity contribution in [3.8, 4) is 23.7 Å². The minimum absolute atomic E-state index is 0.00277. The highest BCUT2D eigenvalue weighted by atomic mass is 16.5. The first kappa shape index (κ1) is 49.9. The van der Waals surface area contributed by atoms with Gasteiger partial charge in [0.1, 0.15) is 23.6 Å². The number of rotatable bonds is 5. The fourth-order valence-electron chi connectivity index (χ4n) is 23.5. The summed E-state index contributed by atoms with van der Waals surface area (Å²) in [4.78, 5) is 29.7. The zero-order chi connectivity index (χ0) is 52.4. The monoisotopic (exact) mass is 1040 g/mol. The lowest BCUT2D eigenvalue weighted by Crippen LogP contribution is -2.87. The Balaban J connectivity index is 0.979. The SMILES string of the molecule is O=CC12CC34CCC5C(CC#CC6CC78CCC#Cc9ccccc9CC(NCO)C9CC(CC7(O)C(O)(C(O)C7CC%10C(C=CCC%10C%10CCCC%10)CC(C3O)C71O)C62)C8C1=CC(=O)OC19)C(c1ccccc1)CCC54. The number of ether oxygens (including phenoxy) is 1. The van der Waals surface area contributed by atoms with E-state index in [2.05, 4.69) is 77.5 Å². The van der Waals surface area contributed by atoms with E-state index in [0.717, 1.165) is 61.5 Å². The van der Waals surface area contributed by atoms with E-state index in [1.165, 1.54) is 18.4 Å². The molecule has 0 radical (unpaired) electrons. The van der Waals surface area contributed by atoms with Crippen molar-refractivity contribution in [2.45, 2.75) is 169 Å². The van der Waals surface area contributed by atoms with Crippen molar-refractivity contribution in [1.29, 1.82) is 0 Å². The lowest BCUT2D eigenvalue weighted by Gasteiger charge is -2.76. The number of aliphatic hydroxyl groups is 6. The summed E-state index contributed by atoms with van der Waals surface area (Å²) < 4.78 is 6.41. The third kappa shape index (κ3) is 6.42. The molecule has 9 bridgehead atoms. The molecular formula is C67H79NO9. The number of hydrogen-bond donors (Lipinski definition) is 7. The van der Waals surface area contributed by atoms with Crippen LogP contribution >= 0.6 is 0 Å². The van der Waals surface area contributed by atoms with Crippen LogP contribution in [-0.2, 0) is 20.7 Å². The Kier molecular flexibility index (Phi) is 11.5. The molecule has 9 saturated carbocycles. The zero-order valence-electron chi connectivity index (χ0n) is 44.5. The van der Waals surface area contributed by atoms with E-state index in [9.17, 15) is 25.2 Å². The molecular weight excluding hydrogens is 963 g/mol. The van der Waals surface area contributed by atoms with Crippen LogP contribution in [0.2, 0.25) is 0 Å². The number of allylic oxidation sites excluding steroid dienone is 2. The minimum Gasteiger partial charge on any atom is -0.454 e. The van der Waals surface area contributed by atoms with Gasteiger partial charge in [0, 0.05) is 70.9 Å². The molecule has 406 valence electrons. The molecule has 7 N–H and O–H groups in total. The van der Waals surface area contributed by atoms with Crippen LogP contribution in [0.5, 0.6) is 0 Å². The van der Waals surface area contributed by atoms with E-state index in [-0.39, 0.29) is 85.3 Å². The normalized spacial score (nSPS) is 51.4. The van der Waals surface area contributed by atoms with Gasteiger partial charge in [-0.25, -0.2) is 4.79 Å². The highest BCUT2D eigenvalue weighted by Gasteiger charge is 2.89. The Morgan fingerprint density at radius 2 is 1.58 bits per heavy atom. The largest absolute Gasteiger partial charge is 0.454 e. The summed E-state index contributed by atoms with van der Waals surface area (Å²) in [6.45, 7) is -0.298. The van der Waals surface area contributed by atoms with E-state index in [1.54, 1.807) is 6.08 Å². The van der Waals surface area contributed by atoms with E-state index in [0.29, 0.717) is 57.3 Å². The first-order valence-electron chi connectivity index (χ1n) is 30.4. The lowest BCUT2D eigenvalue weighted by atomic mass is 9.31. The number of aldehydes is 1. The second-order valence-corrected chi connectivity index (χ2v) is 27.9. The number of benzene rings is 2. The molecule has 2 spiro atoms. The van der Waals surface area contributed by atoms with Gasteiger partial charge in [-0.2, -0.15) is 0 Å². The predicted octanol–water partition coefficient (Wildman–Crippen LogP) is 7.57. The molecule has 10 nitrogen and oxygen atoms in total. The molecule has 2 aromatic carbocycles. The quantitative estimate of drug-likeness (QED) is 0.0520. The van der Waals surface area contributed by atoms with Crippen LogP contribution < -0.4 is 5.32 Å². The van der Waals surface area contributed by atoms with Crippen LogP contribution in [0, 0.1) is 123 Å². The molecule has 0 amide bonds. The van der Waals surface area contributed by atoms with Crippen molar-refractivity contribution < 1.29 is 45.0 Å². The van der Waals surface area contributed by atoms with Gasteiger partial charge in [-0.3, -0.25) is 5.32 Å². The Bertz CT molecular complexity index is 2930. The molecule has 24 atom stereocenters. The van der Waals surface area contributed by atoms with Crippen molar-refractivity contribution in [3.63, 3.8) is 0 Å². The maximum Gasteiger partial charge on any atom is 0.331 e. The maximum atomic E-state index is 15.7. The number of fused-ring (bicyclic) bond motifs is 6. The van der Waals surface area contributed by atoms with Crippen LogP contribution in [0.3, 0.4) is 0 Å². The van der Waals surface area contributed by atoms with Gasteiger partial charge in [0.05, 0.1) is 30.0 Å². The molecule has 24 unspecified atom stereocenters. The van der Waals surface area contributed by atoms with E-state index >= 15 is 15.0 Å². The van der Waals surface area contributed by atoms with Gasteiger partial charge in [0.25, 0.3) is 0 Å². The van der Waals surface area contributed by atoms with E-state index < -0.39 is 86.9 Å². The average molecular weight is 1040 g/mol. The fourth-order valence-corrected chi connectivity index (χ4v) is 23.5. The molecule has 1 aliphatic heterocycles. The molecule has 2 aromatic rings. The van der Waals surface area contributed by atoms with Gasteiger partial charge in [-0.05, 0) is 165 Å². The number of hydrogen-bond acceptors (Lipinski definition) is 10. The Morgan fingerprint density at radius 3 is 2.40 bits per heavy atom. The molecule has 9 fully saturated rings. The highest BCUT2D eigenvalue weighted by molar-refractivity contribution is 5.86. The first-order chi connectivity index (χ1) is 37.4. The third-order valence-electron chi connectivity index (χ3n) is 25.9. The minimum atomic E-state index is -2.37. The van der Waals surface area contributed by atoms with Crippen molar-refractivity contribution >= 4 is 12.3 Å². The summed E-state index contributed by atoms with van der Waals surface area (Å²) >= 11 is 0. The first-order valence-corrected chi connectivity index (χ1v) is 30.4. The summed E-state index contributed by atoms with van der Waals surface area (Å²) in [5.41, 5.74) is -6.06. The second-order valence-electron chi connectivity index (χ2n) is 27.9. The number of carbonyl (C=O) groups is 2. The van der Waals surface area contributed by atoms with Gasteiger partial charge < -0.3 is 40.2 Å². The number of esters is 1. The maximum absolute atomic E-state index is 15.7. The van der Waals surface area contributed by atoms with Crippen molar-refractivity contribution in [3.05, 3.63) is 95.1 Å². The third-order valence-corrected chi connectivity index (χ3v) is 25.9. The van der Waals surface area contributed by atoms with Gasteiger partial charge in [0.2, 0.25) is 0 Å². The predicted molar refractivity (Wildman–Crippen MR) is 287 cm³/mol. The second kappa shape index (κ2) is 17.7. The molecule has 77 heavy (non-hydrogen) atoms. The number of nitrogens with one attached hydrogen (secondary N) is 1. The van der Waals surface area contributed by atoms with E-state index in [4.69, 9.17) is 4.74 Å². The van der Waals surface area contributed by atoms with Crippen molar-refractivity contribution in [2.24, 2.45) is 99.1 Å². The molecule has 15 rings (SSSR count). The van der Waals surface area contributed by atoms with Crippen LogP contribution in [0.15, 0.2) is 78.4 Å². The van der Waals surface area contributed by atoms with Crippen LogP contribution in [-0.4, -0.2) is 90.8 Å². The molecule has 0 saturated heterocycles. The van der Waals surface area contributed by atoms with Crippen LogP contribution in [0.4, 0.5) is 0 Å². The van der Waals surface area contributed by atoms with Crippen molar-refractivity contribution in [2.75, 3.05) is 6.73 Å². The summed E-state index contributed by atoms with van der Waals surface area (Å²) in [7, 11) is 0. The summed E-state index contributed by atoms with van der Waals surface area (Å²) in [6, 6.07) is 18.6. The number of carbonyl (C=O) groups excluding carboxylic acids is 2. The summed E-state index contributed by atoms with van der Waals surface area (Å²) in [6.07, 6.45) is 16.5. The van der Waals surface area contributed by atoms with Gasteiger partial charge >= 0.3 is 5.97 Å². The topological polar surface area (TPSA) is 177 Å². The van der Waals surface area contributed by atoms with Crippen LogP contribution in [0.1, 0.15) is 138 Å². The fraction of sp³-hybridized carbons (Fsp3) is 0.672. The molecule has 0 aromatic heterocycles. The highest BCUT2D eigenvalue weighted by Crippen LogP contribution is 2.81. The molecule has 1 heterocycles. The van der Waals surface area contributed by atoms with Gasteiger partial charge in [-0.15, -0.1) is 5.92 Å². The summed E-state index contributed by atoms with van der Waals surface area (Å²) in [5, 5.41) is 87.4. The zero-order valence-corrected chi connectivity index (χ0v) is 44.5. The number of aliphatic hydroxyl groups excluding tert-OH is 3. The van der Waals surface area contributed by atoms with Gasteiger partial charge in [0.15, 0.2) is 0 Å². The molecule has 12 aliphatic carbocycles. The van der Waals surface area contributed by atoms with Gasteiger partial charge in [-0.1, -0.05) is 104 Å². The average Bonchev–Trinajstić information content (AvgIpc) is 2.77. The van der Waals surface area contributed by atoms with Crippen LogP contribution in [0.25, 0.3) is 0 Å². The smallest absolute Gasteiger partial charge is 0.331 e.